The van der Waals surface area contributed by atoms with E-state index in [4.69, 9.17) is 0 Å². The molecule has 0 saturated heterocycles. The van der Waals surface area contributed by atoms with Crippen molar-refractivity contribution in [2.45, 2.75) is 38.6 Å². The van der Waals surface area contributed by atoms with Gasteiger partial charge in [-0.2, -0.15) is 0 Å². The molecule has 0 aliphatic heterocycles. The van der Waals surface area contributed by atoms with Crippen molar-refractivity contribution in [3.05, 3.63) is 77.9 Å². The van der Waals surface area contributed by atoms with Gasteiger partial charge in [0.25, 0.3) is 0 Å². The summed E-state index contributed by atoms with van der Waals surface area (Å²) in [6.45, 7) is 4.71. The minimum absolute atomic E-state index is 0.570. The number of rotatable bonds is 9. The fourth-order valence-corrected chi connectivity index (χ4v) is 3.96. The number of nitrogens with zero attached hydrogens (tertiary/aromatic N) is 1. The molecular weight excluding hydrogens is 302 g/mol. The number of benzene rings is 2. The lowest BCUT2D eigenvalue weighted by Gasteiger charge is -2.41. The van der Waals surface area contributed by atoms with Crippen molar-refractivity contribution in [3.8, 4) is 0 Å². The molecule has 0 radical (unpaired) electrons. The summed E-state index contributed by atoms with van der Waals surface area (Å²) in [6.07, 6.45) is 10.1. The van der Waals surface area contributed by atoms with Gasteiger partial charge in [0, 0.05) is 12.0 Å². The van der Waals surface area contributed by atoms with E-state index in [0.717, 1.165) is 16.9 Å². The van der Waals surface area contributed by atoms with E-state index < -0.39 is 0 Å². The standard InChI is InChI=1S/C24H32N/c1-3-24(23-14-8-5-9-15-23)25(2,20-18-22-16-17-22)19-10-13-21-11-6-4-7-12-21/h4-15,22,24H,3,16-20H2,1-2H3/q+1. The highest BCUT2D eigenvalue weighted by molar-refractivity contribution is 5.48. The van der Waals surface area contributed by atoms with E-state index in [1.165, 1.54) is 43.4 Å². The summed E-state index contributed by atoms with van der Waals surface area (Å²) in [5.41, 5.74) is 2.78. The van der Waals surface area contributed by atoms with Gasteiger partial charge in [-0.05, 0) is 36.8 Å². The van der Waals surface area contributed by atoms with E-state index >= 15 is 0 Å². The molecule has 132 valence electrons. The van der Waals surface area contributed by atoms with Crippen LogP contribution in [0.4, 0.5) is 0 Å². The second-order valence-electron chi connectivity index (χ2n) is 7.77. The van der Waals surface area contributed by atoms with Crippen LogP contribution in [0.3, 0.4) is 0 Å². The predicted octanol–water partition coefficient (Wildman–Crippen LogP) is 6.10. The van der Waals surface area contributed by atoms with E-state index in [-0.39, 0.29) is 0 Å². The van der Waals surface area contributed by atoms with Crippen LogP contribution in [0.1, 0.15) is 49.8 Å². The first kappa shape index (κ1) is 17.9. The Morgan fingerprint density at radius 3 is 2.24 bits per heavy atom. The van der Waals surface area contributed by atoms with Gasteiger partial charge in [-0.15, -0.1) is 0 Å². The molecule has 2 aromatic rings. The molecule has 1 nitrogen and oxygen atoms in total. The Bertz CT molecular complexity index is 657. The quantitative estimate of drug-likeness (QED) is 0.486. The molecular formula is C24H32N+. The van der Waals surface area contributed by atoms with Gasteiger partial charge in [-0.1, -0.05) is 73.7 Å². The summed E-state index contributed by atoms with van der Waals surface area (Å²) in [7, 11) is 2.46. The van der Waals surface area contributed by atoms with Crippen LogP contribution in [-0.2, 0) is 0 Å². The topological polar surface area (TPSA) is 0 Å². The zero-order chi connectivity index (χ0) is 17.5. The molecule has 0 amide bonds. The monoisotopic (exact) mass is 334 g/mol. The van der Waals surface area contributed by atoms with Gasteiger partial charge in [0.15, 0.2) is 0 Å². The highest BCUT2D eigenvalue weighted by atomic mass is 15.4. The van der Waals surface area contributed by atoms with Crippen LogP contribution in [-0.4, -0.2) is 24.6 Å². The average molecular weight is 335 g/mol. The van der Waals surface area contributed by atoms with E-state index in [0.29, 0.717) is 6.04 Å². The molecule has 1 fully saturated rings. The molecule has 0 bridgehead atoms. The molecule has 25 heavy (non-hydrogen) atoms. The Labute approximate surface area is 153 Å². The molecule has 0 aromatic heterocycles. The first-order valence-corrected chi connectivity index (χ1v) is 9.82. The fourth-order valence-electron chi connectivity index (χ4n) is 3.96. The van der Waals surface area contributed by atoms with Crippen LogP contribution in [0.15, 0.2) is 66.7 Å². The molecule has 1 aliphatic rings. The van der Waals surface area contributed by atoms with Crippen molar-refractivity contribution < 1.29 is 4.48 Å². The van der Waals surface area contributed by atoms with Gasteiger partial charge < -0.3 is 4.48 Å². The van der Waals surface area contributed by atoms with Crippen molar-refractivity contribution in [1.82, 2.24) is 0 Å². The molecule has 1 heteroatoms. The van der Waals surface area contributed by atoms with Gasteiger partial charge in [0.1, 0.15) is 6.04 Å². The summed E-state index contributed by atoms with van der Waals surface area (Å²) < 4.78 is 1.11. The maximum Gasteiger partial charge on any atom is 0.114 e. The molecule has 3 rings (SSSR count). The summed E-state index contributed by atoms with van der Waals surface area (Å²) >= 11 is 0. The molecule has 2 atom stereocenters. The maximum atomic E-state index is 2.46. The minimum atomic E-state index is 0.570. The molecule has 2 aromatic carbocycles. The number of hydrogen-bond donors (Lipinski definition) is 0. The van der Waals surface area contributed by atoms with Crippen molar-refractivity contribution in [1.29, 1.82) is 0 Å². The molecule has 0 spiro atoms. The lowest BCUT2D eigenvalue weighted by Crippen LogP contribution is -2.48. The Balaban J connectivity index is 1.77. The van der Waals surface area contributed by atoms with Crippen LogP contribution in [0.25, 0.3) is 6.08 Å². The first-order chi connectivity index (χ1) is 12.2. The SMILES string of the molecule is CCC(c1ccccc1)[N+](C)(CC=Cc1ccccc1)CCC1CC1. The third-order valence-electron chi connectivity index (χ3n) is 5.70. The van der Waals surface area contributed by atoms with Gasteiger partial charge in [-0.25, -0.2) is 0 Å². The summed E-state index contributed by atoms with van der Waals surface area (Å²) in [5.74, 6) is 0.990. The minimum Gasteiger partial charge on any atom is -0.317 e. The van der Waals surface area contributed by atoms with Crippen molar-refractivity contribution in [3.63, 3.8) is 0 Å². The number of quaternary nitrogens is 1. The van der Waals surface area contributed by atoms with Crippen molar-refractivity contribution in [2.24, 2.45) is 5.92 Å². The van der Waals surface area contributed by atoms with E-state index in [2.05, 4.69) is 86.8 Å². The third-order valence-corrected chi connectivity index (χ3v) is 5.70. The lowest BCUT2D eigenvalue weighted by atomic mass is 9.99. The first-order valence-electron chi connectivity index (χ1n) is 9.82. The second kappa shape index (κ2) is 8.49. The van der Waals surface area contributed by atoms with Gasteiger partial charge in [-0.3, -0.25) is 0 Å². The molecule has 0 heterocycles. The van der Waals surface area contributed by atoms with Gasteiger partial charge in [0.2, 0.25) is 0 Å². The summed E-state index contributed by atoms with van der Waals surface area (Å²) in [5, 5.41) is 0. The Hall–Kier alpha value is -1.86. The van der Waals surface area contributed by atoms with Crippen LogP contribution >= 0.6 is 0 Å². The third kappa shape index (κ3) is 5.06. The number of hydrogen-bond acceptors (Lipinski definition) is 0. The van der Waals surface area contributed by atoms with Crippen LogP contribution < -0.4 is 0 Å². The number of likely N-dealkylation sites (N-methyl/N-ethyl adjacent to an activating group) is 1. The fraction of sp³-hybridized carbons (Fsp3) is 0.417. The molecule has 1 saturated carbocycles. The normalized spacial score (nSPS) is 18.2. The van der Waals surface area contributed by atoms with Crippen LogP contribution in [0.5, 0.6) is 0 Å². The Morgan fingerprint density at radius 2 is 1.64 bits per heavy atom. The predicted molar refractivity (Wildman–Crippen MR) is 108 cm³/mol. The summed E-state index contributed by atoms with van der Waals surface area (Å²) in [6, 6.07) is 22.3. The zero-order valence-corrected chi connectivity index (χ0v) is 15.8. The summed E-state index contributed by atoms with van der Waals surface area (Å²) in [4.78, 5) is 0. The van der Waals surface area contributed by atoms with E-state index in [1.54, 1.807) is 0 Å². The highest BCUT2D eigenvalue weighted by Crippen LogP contribution is 2.36. The molecule has 1 aliphatic carbocycles. The van der Waals surface area contributed by atoms with Gasteiger partial charge in [0.05, 0.1) is 20.1 Å². The van der Waals surface area contributed by atoms with Crippen molar-refractivity contribution >= 4 is 6.08 Å². The smallest absolute Gasteiger partial charge is 0.114 e. The van der Waals surface area contributed by atoms with Crippen molar-refractivity contribution in [2.75, 3.05) is 20.1 Å². The Kier molecular flexibility index (Phi) is 6.09. The Morgan fingerprint density at radius 1 is 1.00 bits per heavy atom. The van der Waals surface area contributed by atoms with Crippen LogP contribution in [0, 0.1) is 5.92 Å². The maximum absolute atomic E-state index is 2.46. The lowest BCUT2D eigenvalue weighted by molar-refractivity contribution is -0.934. The van der Waals surface area contributed by atoms with Crippen LogP contribution in [0.2, 0.25) is 0 Å². The molecule has 0 N–H and O–H groups in total. The second-order valence-corrected chi connectivity index (χ2v) is 7.77. The molecule has 2 unspecified atom stereocenters. The highest BCUT2D eigenvalue weighted by Gasteiger charge is 2.34. The largest absolute Gasteiger partial charge is 0.317 e. The zero-order valence-electron chi connectivity index (χ0n) is 15.8. The van der Waals surface area contributed by atoms with E-state index in [9.17, 15) is 0 Å². The average Bonchev–Trinajstić information content (AvgIpc) is 3.47. The van der Waals surface area contributed by atoms with E-state index in [1.807, 2.05) is 0 Å². The van der Waals surface area contributed by atoms with Gasteiger partial charge >= 0.3 is 0 Å².